The van der Waals surface area contributed by atoms with E-state index in [4.69, 9.17) is 5.11 Å². The van der Waals surface area contributed by atoms with Gasteiger partial charge in [-0.1, -0.05) is 18.2 Å². The first-order chi connectivity index (χ1) is 9.06. The molecule has 0 heterocycles. The minimum atomic E-state index is -0.993. The number of benzene rings is 1. The number of rotatable bonds is 4. The van der Waals surface area contributed by atoms with Crippen molar-refractivity contribution in [2.75, 3.05) is 0 Å². The Kier molecular flexibility index (Phi) is 4.20. The van der Waals surface area contributed by atoms with Crippen LogP contribution in [0.15, 0.2) is 18.2 Å². The fraction of sp³-hybridized carbons (Fsp3) is 0.467. The average Bonchev–Trinajstić information content (AvgIpc) is 2.37. The van der Waals surface area contributed by atoms with Crippen molar-refractivity contribution in [3.63, 3.8) is 0 Å². The second-order valence-electron chi connectivity index (χ2n) is 5.11. The Morgan fingerprint density at radius 1 is 1.26 bits per heavy atom. The summed E-state index contributed by atoms with van der Waals surface area (Å²) in [6.45, 7) is 1.34. The molecule has 2 N–H and O–H groups in total. The van der Waals surface area contributed by atoms with Crippen molar-refractivity contribution in [1.82, 2.24) is 5.32 Å². The largest absolute Gasteiger partial charge is 0.480 e. The van der Waals surface area contributed by atoms with E-state index in [1.807, 2.05) is 6.07 Å². The number of hydrogen-bond acceptors (Lipinski definition) is 2. The standard InChI is InChI=1S/C15H19NO3/c1-10(17)16-14(15(18)19)9-11-6-7-12-4-2-3-5-13(12)8-11/h6-8,14H,2-5,9H2,1H3,(H,16,17)(H,18,19)/t14-/m0/s1. The van der Waals surface area contributed by atoms with Crippen LogP contribution in [0.5, 0.6) is 0 Å². The van der Waals surface area contributed by atoms with Crippen LogP contribution < -0.4 is 5.32 Å². The van der Waals surface area contributed by atoms with E-state index < -0.39 is 12.0 Å². The lowest BCUT2D eigenvalue weighted by Gasteiger charge is -2.18. The smallest absolute Gasteiger partial charge is 0.326 e. The molecule has 2 rings (SSSR count). The van der Waals surface area contributed by atoms with Crippen LogP contribution in [-0.4, -0.2) is 23.0 Å². The molecule has 1 aromatic carbocycles. The summed E-state index contributed by atoms with van der Waals surface area (Å²) in [4.78, 5) is 22.1. The number of fused-ring (bicyclic) bond motifs is 1. The number of aryl methyl sites for hydroxylation is 2. The number of nitrogens with one attached hydrogen (secondary N) is 1. The first-order valence-corrected chi connectivity index (χ1v) is 6.67. The van der Waals surface area contributed by atoms with Crippen molar-refractivity contribution in [2.45, 2.75) is 45.1 Å². The molecule has 1 aliphatic rings. The molecule has 0 fully saturated rings. The minimum absolute atomic E-state index is 0.314. The molecule has 1 aromatic rings. The molecule has 102 valence electrons. The summed E-state index contributed by atoms with van der Waals surface area (Å²) in [5, 5.41) is 11.6. The van der Waals surface area contributed by atoms with Gasteiger partial charge in [-0.25, -0.2) is 4.79 Å². The molecule has 4 nitrogen and oxygen atoms in total. The quantitative estimate of drug-likeness (QED) is 0.867. The van der Waals surface area contributed by atoms with E-state index in [9.17, 15) is 9.59 Å². The Labute approximate surface area is 112 Å². The number of carbonyl (C=O) groups is 2. The highest BCUT2D eigenvalue weighted by Crippen LogP contribution is 2.22. The van der Waals surface area contributed by atoms with Crippen LogP contribution in [-0.2, 0) is 28.9 Å². The molecule has 1 atom stereocenters. The highest BCUT2D eigenvalue weighted by molar-refractivity contribution is 5.82. The molecular weight excluding hydrogens is 242 g/mol. The van der Waals surface area contributed by atoms with Gasteiger partial charge >= 0.3 is 5.97 Å². The molecule has 4 heteroatoms. The molecule has 1 aliphatic carbocycles. The van der Waals surface area contributed by atoms with E-state index in [-0.39, 0.29) is 5.91 Å². The van der Waals surface area contributed by atoms with Crippen LogP contribution in [0.4, 0.5) is 0 Å². The molecular formula is C15H19NO3. The number of carbonyl (C=O) groups excluding carboxylic acids is 1. The Balaban J connectivity index is 2.12. The summed E-state index contributed by atoms with van der Waals surface area (Å²) in [5.74, 6) is -1.31. The van der Waals surface area contributed by atoms with Crippen LogP contribution in [0.3, 0.4) is 0 Å². The van der Waals surface area contributed by atoms with E-state index in [0.29, 0.717) is 6.42 Å². The lowest BCUT2D eigenvalue weighted by molar-refractivity contribution is -0.141. The van der Waals surface area contributed by atoms with E-state index in [0.717, 1.165) is 18.4 Å². The Hall–Kier alpha value is -1.84. The summed E-state index contributed by atoms with van der Waals surface area (Å²) in [6.07, 6.45) is 4.95. The summed E-state index contributed by atoms with van der Waals surface area (Å²) in [6, 6.07) is 5.31. The molecule has 0 aliphatic heterocycles. The van der Waals surface area contributed by atoms with E-state index in [1.165, 1.54) is 30.9 Å². The van der Waals surface area contributed by atoms with Gasteiger partial charge in [-0.15, -0.1) is 0 Å². The number of carboxylic acid groups (broad SMARTS) is 1. The van der Waals surface area contributed by atoms with Gasteiger partial charge in [-0.2, -0.15) is 0 Å². The third-order valence-corrected chi connectivity index (χ3v) is 3.53. The number of carboxylic acids is 1. The Morgan fingerprint density at radius 3 is 2.58 bits per heavy atom. The van der Waals surface area contributed by atoms with E-state index in [2.05, 4.69) is 17.4 Å². The van der Waals surface area contributed by atoms with Gasteiger partial charge in [0.1, 0.15) is 6.04 Å². The third kappa shape index (κ3) is 3.56. The first-order valence-electron chi connectivity index (χ1n) is 6.67. The minimum Gasteiger partial charge on any atom is -0.480 e. The fourth-order valence-corrected chi connectivity index (χ4v) is 2.59. The second-order valence-corrected chi connectivity index (χ2v) is 5.11. The van der Waals surface area contributed by atoms with Crippen molar-refractivity contribution in [1.29, 1.82) is 0 Å². The lowest BCUT2D eigenvalue weighted by Crippen LogP contribution is -2.41. The van der Waals surface area contributed by atoms with Gasteiger partial charge in [-0.3, -0.25) is 4.79 Å². The van der Waals surface area contributed by atoms with Gasteiger partial charge in [0.25, 0.3) is 0 Å². The highest BCUT2D eigenvalue weighted by Gasteiger charge is 2.19. The topological polar surface area (TPSA) is 66.4 Å². The van der Waals surface area contributed by atoms with Gasteiger partial charge < -0.3 is 10.4 Å². The number of hydrogen-bond donors (Lipinski definition) is 2. The Bertz CT molecular complexity index is 496. The van der Waals surface area contributed by atoms with Gasteiger partial charge in [-0.05, 0) is 42.4 Å². The monoisotopic (exact) mass is 261 g/mol. The second kappa shape index (κ2) is 5.87. The average molecular weight is 261 g/mol. The molecule has 0 radical (unpaired) electrons. The zero-order valence-corrected chi connectivity index (χ0v) is 11.1. The number of aliphatic carboxylic acids is 1. The molecule has 0 unspecified atom stereocenters. The van der Waals surface area contributed by atoms with Gasteiger partial charge in [0.15, 0.2) is 0 Å². The predicted octanol–water partition coefficient (Wildman–Crippen LogP) is 1.70. The summed E-state index contributed by atoms with van der Waals surface area (Å²) < 4.78 is 0. The van der Waals surface area contributed by atoms with E-state index in [1.54, 1.807) is 0 Å². The molecule has 0 saturated carbocycles. The molecule has 0 bridgehead atoms. The molecule has 1 amide bonds. The molecule has 0 aromatic heterocycles. The maximum absolute atomic E-state index is 11.1. The van der Waals surface area contributed by atoms with Gasteiger partial charge in [0, 0.05) is 13.3 Å². The van der Waals surface area contributed by atoms with Crippen molar-refractivity contribution >= 4 is 11.9 Å². The zero-order valence-electron chi connectivity index (χ0n) is 11.1. The normalized spacial score (nSPS) is 15.4. The van der Waals surface area contributed by atoms with Crippen molar-refractivity contribution in [3.8, 4) is 0 Å². The summed E-state index contributed by atoms with van der Waals surface area (Å²) in [7, 11) is 0. The third-order valence-electron chi connectivity index (χ3n) is 3.53. The van der Waals surface area contributed by atoms with Crippen LogP contribution in [0.25, 0.3) is 0 Å². The van der Waals surface area contributed by atoms with Crippen molar-refractivity contribution in [2.24, 2.45) is 0 Å². The summed E-state index contributed by atoms with van der Waals surface area (Å²) >= 11 is 0. The highest BCUT2D eigenvalue weighted by atomic mass is 16.4. The van der Waals surface area contributed by atoms with E-state index >= 15 is 0 Å². The van der Waals surface area contributed by atoms with Gasteiger partial charge in [0.2, 0.25) is 5.91 Å². The number of amides is 1. The maximum atomic E-state index is 11.1. The van der Waals surface area contributed by atoms with Crippen LogP contribution >= 0.6 is 0 Å². The fourth-order valence-electron chi connectivity index (χ4n) is 2.59. The molecule has 0 saturated heterocycles. The van der Waals surface area contributed by atoms with Crippen molar-refractivity contribution < 1.29 is 14.7 Å². The van der Waals surface area contributed by atoms with Crippen LogP contribution in [0, 0.1) is 0 Å². The van der Waals surface area contributed by atoms with Crippen LogP contribution in [0.1, 0.15) is 36.5 Å². The molecule has 0 spiro atoms. The molecule has 19 heavy (non-hydrogen) atoms. The zero-order chi connectivity index (χ0) is 13.8. The first kappa shape index (κ1) is 13.6. The lowest BCUT2D eigenvalue weighted by atomic mass is 9.89. The SMILES string of the molecule is CC(=O)N[C@@H](Cc1ccc2c(c1)CCCC2)C(=O)O. The van der Waals surface area contributed by atoms with Crippen molar-refractivity contribution in [3.05, 3.63) is 34.9 Å². The summed E-state index contributed by atoms with van der Waals surface area (Å²) in [5.41, 5.74) is 3.68. The van der Waals surface area contributed by atoms with Gasteiger partial charge in [0.05, 0.1) is 0 Å². The predicted molar refractivity (Wildman–Crippen MR) is 72.0 cm³/mol. The van der Waals surface area contributed by atoms with Crippen LogP contribution in [0.2, 0.25) is 0 Å². The Morgan fingerprint density at radius 2 is 1.95 bits per heavy atom. The maximum Gasteiger partial charge on any atom is 0.326 e.